The zero-order valence-corrected chi connectivity index (χ0v) is 15.3. The molecule has 0 aliphatic rings. The highest BCUT2D eigenvalue weighted by atomic mass is 19.2. The second-order valence-corrected chi connectivity index (χ2v) is 6.74. The number of rotatable bonds is 8. The highest BCUT2D eigenvalue weighted by Gasteiger charge is 2.14. The lowest BCUT2D eigenvalue weighted by atomic mass is 9.92. The number of aliphatic hydroxyl groups excluding tert-OH is 1. The van der Waals surface area contributed by atoms with Crippen molar-refractivity contribution in [1.82, 2.24) is 0 Å². The molecule has 0 spiro atoms. The molecule has 1 N–H and O–H groups in total. The van der Waals surface area contributed by atoms with Crippen LogP contribution in [0.1, 0.15) is 31.2 Å². The molecule has 0 aliphatic heterocycles. The van der Waals surface area contributed by atoms with E-state index in [9.17, 15) is 8.78 Å². The van der Waals surface area contributed by atoms with Crippen molar-refractivity contribution in [2.24, 2.45) is 0 Å². The van der Waals surface area contributed by atoms with Gasteiger partial charge >= 0.3 is 0 Å². The predicted molar refractivity (Wildman–Crippen MR) is 106 cm³/mol. The summed E-state index contributed by atoms with van der Waals surface area (Å²) in [5.41, 5.74) is 4.09. The van der Waals surface area contributed by atoms with Gasteiger partial charge in [0.1, 0.15) is 0 Å². The Morgan fingerprint density at radius 2 is 1.37 bits per heavy atom. The van der Waals surface area contributed by atoms with Gasteiger partial charge in [-0.15, -0.1) is 0 Å². The van der Waals surface area contributed by atoms with Crippen LogP contribution in [-0.4, -0.2) is 11.7 Å². The molecule has 0 heterocycles. The van der Waals surface area contributed by atoms with E-state index in [4.69, 9.17) is 5.11 Å². The third kappa shape index (κ3) is 4.81. The number of benzene rings is 3. The topological polar surface area (TPSA) is 20.2 Å². The Hall–Kier alpha value is -2.52. The first-order valence-electron chi connectivity index (χ1n) is 9.44. The molecule has 0 amide bonds. The van der Waals surface area contributed by atoms with Crippen molar-refractivity contribution >= 4 is 0 Å². The minimum atomic E-state index is -0.834. The first-order chi connectivity index (χ1) is 13.2. The van der Waals surface area contributed by atoms with Crippen LogP contribution in [0.2, 0.25) is 0 Å². The fourth-order valence-corrected chi connectivity index (χ4v) is 3.37. The maximum absolute atomic E-state index is 14.3. The van der Waals surface area contributed by atoms with Gasteiger partial charge in [-0.05, 0) is 47.6 Å². The van der Waals surface area contributed by atoms with Gasteiger partial charge in [-0.2, -0.15) is 0 Å². The molecule has 0 aromatic heterocycles. The number of hydrogen-bond acceptors (Lipinski definition) is 1. The highest BCUT2D eigenvalue weighted by molar-refractivity contribution is 5.83. The van der Waals surface area contributed by atoms with Gasteiger partial charge in [-0.3, -0.25) is 0 Å². The molecule has 1 nitrogen and oxygen atoms in total. The lowest BCUT2D eigenvalue weighted by Gasteiger charge is -2.12. The van der Waals surface area contributed by atoms with Crippen molar-refractivity contribution in [2.75, 3.05) is 6.61 Å². The Labute approximate surface area is 159 Å². The second kappa shape index (κ2) is 9.43. The number of aryl methyl sites for hydroxylation is 1. The van der Waals surface area contributed by atoms with Crippen LogP contribution in [0, 0.1) is 11.6 Å². The molecule has 0 saturated carbocycles. The molecule has 0 unspecified atom stereocenters. The van der Waals surface area contributed by atoms with Crippen LogP contribution in [0.15, 0.2) is 66.7 Å². The third-order valence-corrected chi connectivity index (χ3v) is 4.78. The van der Waals surface area contributed by atoms with Crippen LogP contribution in [0.3, 0.4) is 0 Å². The molecule has 0 atom stereocenters. The van der Waals surface area contributed by atoms with Gasteiger partial charge in [-0.25, -0.2) is 8.78 Å². The first-order valence-corrected chi connectivity index (χ1v) is 9.44. The van der Waals surface area contributed by atoms with Gasteiger partial charge < -0.3 is 5.11 Å². The normalized spacial score (nSPS) is 10.9. The fourth-order valence-electron chi connectivity index (χ4n) is 3.37. The third-order valence-electron chi connectivity index (χ3n) is 4.78. The van der Waals surface area contributed by atoms with Crippen LogP contribution in [0.5, 0.6) is 0 Å². The van der Waals surface area contributed by atoms with Crippen LogP contribution in [-0.2, 0) is 6.42 Å². The van der Waals surface area contributed by atoms with E-state index in [1.165, 1.54) is 11.6 Å². The lowest BCUT2D eigenvalue weighted by molar-refractivity contribution is 0.282. The zero-order chi connectivity index (χ0) is 19.1. The van der Waals surface area contributed by atoms with E-state index < -0.39 is 11.6 Å². The zero-order valence-electron chi connectivity index (χ0n) is 15.3. The van der Waals surface area contributed by atoms with Gasteiger partial charge in [-0.1, -0.05) is 73.5 Å². The maximum atomic E-state index is 14.3. The summed E-state index contributed by atoms with van der Waals surface area (Å²) in [7, 11) is 0. The molecule has 3 aromatic carbocycles. The summed E-state index contributed by atoms with van der Waals surface area (Å²) in [6.45, 7) is 0.253. The van der Waals surface area contributed by atoms with E-state index in [1.807, 2.05) is 36.4 Å². The Balaban J connectivity index is 1.87. The van der Waals surface area contributed by atoms with Crippen molar-refractivity contribution in [3.05, 3.63) is 83.9 Å². The molecule has 0 saturated heterocycles. The molecule has 0 radical (unpaired) electrons. The predicted octanol–water partition coefficient (Wildman–Crippen LogP) is 6.39. The molecule has 140 valence electrons. The van der Waals surface area contributed by atoms with E-state index >= 15 is 0 Å². The minimum absolute atomic E-state index is 0.253. The summed E-state index contributed by atoms with van der Waals surface area (Å²) in [4.78, 5) is 0. The smallest absolute Gasteiger partial charge is 0.166 e. The monoisotopic (exact) mass is 366 g/mol. The lowest BCUT2D eigenvalue weighted by Crippen LogP contribution is -1.93. The van der Waals surface area contributed by atoms with E-state index in [1.54, 1.807) is 6.07 Å². The highest BCUT2D eigenvalue weighted by Crippen LogP contribution is 2.34. The number of aliphatic hydroxyl groups is 1. The van der Waals surface area contributed by atoms with Crippen LogP contribution in [0.25, 0.3) is 22.3 Å². The molecule has 0 fully saturated rings. The fraction of sp³-hybridized carbons (Fsp3) is 0.250. The maximum Gasteiger partial charge on any atom is 0.166 e. The molecule has 0 bridgehead atoms. The molecule has 0 aliphatic carbocycles. The van der Waals surface area contributed by atoms with E-state index in [0.29, 0.717) is 5.56 Å². The summed E-state index contributed by atoms with van der Waals surface area (Å²) in [6, 6.07) is 20.1. The molecular formula is C24H24F2O. The Morgan fingerprint density at radius 3 is 2.19 bits per heavy atom. The van der Waals surface area contributed by atoms with Crippen molar-refractivity contribution in [2.45, 2.75) is 32.1 Å². The largest absolute Gasteiger partial charge is 0.396 e. The first kappa shape index (κ1) is 19.2. The Bertz CT molecular complexity index is 889. The number of unbranched alkanes of at least 4 members (excludes halogenated alkanes) is 3. The van der Waals surface area contributed by atoms with Crippen molar-refractivity contribution in [3.8, 4) is 22.3 Å². The van der Waals surface area contributed by atoms with E-state index in [2.05, 4.69) is 12.1 Å². The molecule has 3 aromatic rings. The summed E-state index contributed by atoms with van der Waals surface area (Å²) >= 11 is 0. The summed E-state index contributed by atoms with van der Waals surface area (Å²) in [5, 5.41) is 8.85. The molecule has 27 heavy (non-hydrogen) atoms. The molecule has 3 heteroatoms. The summed E-state index contributed by atoms with van der Waals surface area (Å²) in [5.74, 6) is -1.65. The average Bonchev–Trinajstić information content (AvgIpc) is 2.70. The number of hydrogen-bond donors (Lipinski definition) is 1. The van der Waals surface area contributed by atoms with Crippen LogP contribution >= 0.6 is 0 Å². The van der Waals surface area contributed by atoms with Gasteiger partial charge in [0, 0.05) is 12.2 Å². The van der Waals surface area contributed by atoms with Gasteiger partial charge in [0.2, 0.25) is 0 Å². The van der Waals surface area contributed by atoms with Crippen LogP contribution in [0.4, 0.5) is 8.78 Å². The number of halogens is 2. The van der Waals surface area contributed by atoms with Gasteiger partial charge in [0.25, 0.3) is 0 Å². The van der Waals surface area contributed by atoms with E-state index in [0.717, 1.165) is 49.3 Å². The SMILES string of the molecule is OCCCCCCc1cccc(-c2ccccc2-c2cccc(F)c2F)c1. The van der Waals surface area contributed by atoms with Crippen molar-refractivity contribution < 1.29 is 13.9 Å². The molecular weight excluding hydrogens is 342 g/mol. The second-order valence-electron chi connectivity index (χ2n) is 6.74. The van der Waals surface area contributed by atoms with Crippen molar-refractivity contribution in [3.63, 3.8) is 0 Å². The average molecular weight is 366 g/mol. The van der Waals surface area contributed by atoms with E-state index in [-0.39, 0.29) is 12.2 Å². The van der Waals surface area contributed by atoms with Gasteiger partial charge in [0.15, 0.2) is 11.6 Å². The Morgan fingerprint density at radius 1 is 0.667 bits per heavy atom. The van der Waals surface area contributed by atoms with Crippen LogP contribution < -0.4 is 0 Å². The summed E-state index contributed by atoms with van der Waals surface area (Å²) in [6.07, 6.45) is 5.03. The quantitative estimate of drug-likeness (QED) is 0.458. The van der Waals surface area contributed by atoms with Crippen molar-refractivity contribution in [1.29, 1.82) is 0 Å². The standard InChI is InChI=1S/C24H24F2O/c25-23-15-8-14-22(24(23)26)21-13-5-4-12-20(21)19-11-7-10-18(17-19)9-3-1-2-6-16-27/h4-5,7-8,10-15,17,27H,1-3,6,9,16H2. The molecule has 3 rings (SSSR count). The van der Waals surface area contributed by atoms with Gasteiger partial charge in [0.05, 0.1) is 0 Å². The minimum Gasteiger partial charge on any atom is -0.396 e. The Kier molecular flexibility index (Phi) is 6.72. The summed E-state index contributed by atoms with van der Waals surface area (Å²) < 4.78 is 28.0.